The first-order chi connectivity index (χ1) is 13.0. The summed E-state index contributed by atoms with van der Waals surface area (Å²) in [7, 11) is 0. The van der Waals surface area contributed by atoms with Crippen LogP contribution in [-0.4, -0.2) is 67.7 Å². The van der Waals surface area contributed by atoms with Gasteiger partial charge >= 0.3 is 17.9 Å². The van der Waals surface area contributed by atoms with Crippen molar-refractivity contribution in [3.8, 4) is 0 Å². The summed E-state index contributed by atoms with van der Waals surface area (Å²) in [6, 6.07) is -0.932. The molecule has 0 unspecified atom stereocenters. The second kappa shape index (κ2) is 11.0. The number of amides is 1. The Morgan fingerprint density at radius 2 is 1.50 bits per heavy atom. The number of hydrogen-bond donors (Lipinski definition) is 1. The van der Waals surface area contributed by atoms with Crippen molar-refractivity contribution < 1.29 is 42.9 Å². The maximum absolute atomic E-state index is 11.7. The molecule has 1 saturated heterocycles. The molecule has 5 atom stereocenters. The first kappa shape index (κ1) is 23.8. The topological polar surface area (TPSA) is 126 Å². The molecule has 1 N–H and O–H groups in total. The molecule has 0 saturated carbocycles. The Labute approximate surface area is 164 Å². The van der Waals surface area contributed by atoms with E-state index in [1.807, 2.05) is 13.8 Å². The number of nitrogens with one attached hydrogen (secondary N) is 1. The third kappa shape index (κ3) is 7.81. The van der Waals surface area contributed by atoms with Crippen LogP contribution in [0, 0.1) is 5.92 Å². The maximum Gasteiger partial charge on any atom is 0.303 e. The molecule has 10 nitrogen and oxygen atoms in total. The summed E-state index contributed by atoms with van der Waals surface area (Å²) < 4.78 is 27.2. The van der Waals surface area contributed by atoms with E-state index in [1.165, 1.54) is 27.7 Å². The average Bonchev–Trinajstić information content (AvgIpc) is 2.54. The van der Waals surface area contributed by atoms with Crippen LogP contribution in [0.25, 0.3) is 0 Å². The average molecular weight is 403 g/mol. The lowest BCUT2D eigenvalue weighted by atomic mass is 9.96. The first-order valence-electron chi connectivity index (χ1n) is 9.03. The Hall–Kier alpha value is -2.20. The second-order valence-electron chi connectivity index (χ2n) is 6.95. The molecule has 1 heterocycles. The lowest BCUT2D eigenvalue weighted by Crippen LogP contribution is -2.66. The third-order valence-corrected chi connectivity index (χ3v) is 3.67. The predicted molar refractivity (Wildman–Crippen MR) is 94.8 cm³/mol. The molecule has 0 aromatic carbocycles. The molecule has 1 rings (SSSR count). The summed E-state index contributed by atoms with van der Waals surface area (Å²) in [6.45, 7) is 8.79. The molecule has 0 spiro atoms. The van der Waals surface area contributed by atoms with Crippen LogP contribution in [0.5, 0.6) is 0 Å². The molecule has 0 bridgehead atoms. The van der Waals surface area contributed by atoms with Gasteiger partial charge < -0.3 is 29.0 Å². The van der Waals surface area contributed by atoms with Gasteiger partial charge in [0.2, 0.25) is 5.91 Å². The molecule has 10 heteroatoms. The fourth-order valence-corrected chi connectivity index (χ4v) is 2.72. The molecule has 0 radical (unpaired) electrons. The molecule has 1 amide bonds. The molecule has 0 aromatic rings. The third-order valence-electron chi connectivity index (χ3n) is 3.67. The van der Waals surface area contributed by atoms with Crippen molar-refractivity contribution in [3.05, 3.63) is 0 Å². The van der Waals surface area contributed by atoms with Gasteiger partial charge in [0.1, 0.15) is 18.8 Å². The number of rotatable bonds is 8. The standard InChI is InChI=1S/C18H29NO9/c1-9(2)7-25-18-15(19-10(3)20)17(27-13(6)23)16(26-12(5)22)14(28-18)8-24-11(4)21/h9,14-18H,7-8H2,1-6H3,(H,19,20)/t14-,15+,16-,17+,18-/m1/s1. The summed E-state index contributed by atoms with van der Waals surface area (Å²) in [5.41, 5.74) is 0. The first-order valence-corrected chi connectivity index (χ1v) is 9.03. The van der Waals surface area contributed by atoms with Gasteiger partial charge in [-0.05, 0) is 5.92 Å². The highest BCUT2D eigenvalue weighted by Crippen LogP contribution is 2.28. The molecule has 1 aliphatic rings. The van der Waals surface area contributed by atoms with E-state index < -0.39 is 54.5 Å². The fraction of sp³-hybridized carbons (Fsp3) is 0.778. The van der Waals surface area contributed by atoms with Crippen LogP contribution in [0.4, 0.5) is 0 Å². The van der Waals surface area contributed by atoms with Crippen LogP contribution in [0.1, 0.15) is 41.5 Å². The number of esters is 3. The zero-order valence-corrected chi connectivity index (χ0v) is 17.1. The molecule has 0 aliphatic carbocycles. The normalized spacial score (nSPS) is 27.0. The van der Waals surface area contributed by atoms with Gasteiger partial charge in [0, 0.05) is 27.7 Å². The van der Waals surface area contributed by atoms with Gasteiger partial charge in [-0.3, -0.25) is 19.2 Å². The van der Waals surface area contributed by atoms with Crippen molar-refractivity contribution in [2.45, 2.75) is 72.2 Å². The Morgan fingerprint density at radius 3 is 1.96 bits per heavy atom. The van der Waals surface area contributed by atoms with E-state index in [0.29, 0.717) is 6.61 Å². The quantitative estimate of drug-likeness (QED) is 0.450. The predicted octanol–water partition coefficient (Wildman–Crippen LogP) is 0.315. The lowest BCUT2D eigenvalue weighted by Gasteiger charge is -2.45. The maximum atomic E-state index is 11.7. The van der Waals surface area contributed by atoms with Gasteiger partial charge in [-0.2, -0.15) is 0 Å². The Bertz CT molecular complexity index is 577. The Morgan fingerprint density at radius 1 is 0.929 bits per heavy atom. The summed E-state index contributed by atoms with van der Waals surface area (Å²) in [5.74, 6) is -2.11. The highest BCUT2D eigenvalue weighted by atomic mass is 16.7. The van der Waals surface area contributed by atoms with Crippen LogP contribution in [0.3, 0.4) is 0 Å². The fourth-order valence-electron chi connectivity index (χ4n) is 2.72. The van der Waals surface area contributed by atoms with Crippen molar-refractivity contribution >= 4 is 23.8 Å². The van der Waals surface area contributed by atoms with Crippen molar-refractivity contribution in [2.24, 2.45) is 5.92 Å². The largest absolute Gasteiger partial charge is 0.463 e. The lowest BCUT2D eigenvalue weighted by molar-refractivity contribution is -0.279. The van der Waals surface area contributed by atoms with E-state index in [2.05, 4.69) is 5.32 Å². The minimum atomic E-state index is -1.11. The van der Waals surface area contributed by atoms with Crippen LogP contribution >= 0.6 is 0 Å². The van der Waals surface area contributed by atoms with Crippen molar-refractivity contribution in [3.63, 3.8) is 0 Å². The number of ether oxygens (including phenoxy) is 5. The van der Waals surface area contributed by atoms with Crippen LogP contribution < -0.4 is 5.32 Å². The Balaban J connectivity index is 3.24. The minimum Gasteiger partial charge on any atom is -0.463 e. The highest BCUT2D eigenvalue weighted by molar-refractivity contribution is 5.73. The summed E-state index contributed by atoms with van der Waals surface area (Å²) in [4.78, 5) is 46.2. The number of hydrogen-bond acceptors (Lipinski definition) is 9. The van der Waals surface area contributed by atoms with Crippen LogP contribution in [-0.2, 0) is 42.9 Å². The van der Waals surface area contributed by atoms with Gasteiger partial charge in [0.25, 0.3) is 0 Å². The zero-order valence-electron chi connectivity index (χ0n) is 17.1. The molecular formula is C18H29NO9. The van der Waals surface area contributed by atoms with E-state index in [-0.39, 0.29) is 12.5 Å². The Kier molecular flexibility index (Phi) is 9.33. The van der Waals surface area contributed by atoms with E-state index >= 15 is 0 Å². The monoisotopic (exact) mass is 403 g/mol. The molecular weight excluding hydrogens is 374 g/mol. The molecule has 28 heavy (non-hydrogen) atoms. The molecule has 0 aromatic heterocycles. The highest BCUT2D eigenvalue weighted by Gasteiger charge is 2.51. The van der Waals surface area contributed by atoms with Crippen LogP contribution in [0.2, 0.25) is 0 Å². The van der Waals surface area contributed by atoms with Gasteiger partial charge in [0.05, 0.1) is 6.61 Å². The number of carbonyl (C=O) groups excluding carboxylic acids is 4. The zero-order chi connectivity index (χ0) is 21.4. The van der Waals surface area contributed by atoms with Gasteiger partial charge in [0.15, 0.2) is 18.5 Å². The molecule has 1 fully saturated rings. The van der Waals surface area contributed by atoms with Crippen molar-refractivity contribution in [1.82, 2.24) is 5.32 Å². The van der Waals surface area contributed by atoms with Crippen LogP contribution in [0.15, 0.2) is 0 Å². The molecule has 1 aliphatic heterocycles. The second-order valence-corrected chi connectivity index (χ2v) is 6.95. The smallest absolute Gasteiger partial charge is 0.303 e. The number of carbonyl (C=O) groups is 4. The van der Waals surface area contributed by atoms with Crippen molar-refractivity contribution in [1.29, 1.82) is 0 Å². The van der Waals surface area contributed by atoms with E-state index in [1.54, 1.807) is 0 Å². The van der Waals surface area contributed by atoms with Gasteiger partial charge in [-0.1, -0.05) is 13.8 Å². The molecule has 160 valence electrons. The van der Waals surface area contributed by atoms with Gasteiger partial charge in [-0.15, -0.1) is 0 Å². The van der Waals surface area contributed by atoms with Gasteiger partial charge in [-0.25, -0.2) is 0 Å². The summed E-state index contributed by atoms with van der Waals surface area (Å²) >= 11 is 0. The van der Waals surface area contributed by atoms with E-state index in [4.69, 9.17) is 23.7 Å². The van der Waals surface area contributed by atoms with Crippen molar-refractivity contribution in [2.75, 3.05) is 13.2 Å². The SMILES string of the molecule is CC(=O)N[C@@H]1[C@H](OCC(C)C)O[C@H](COC(C)=O)[C@@H](OC(C)=O)[C@H]1OC(C)=O. The minimum absolute atomic E-state index is 0.159. The summed E-state index contributed by atoms with van der Waals surface area (Å²) in [5, 5.41) is 2.63. The van der Waals surface area contributed by atoms with E-state index in [0.717, 1.165) is 0 Å². The summed E-state index contributed by atoms with van der Waals surface area (Å²) in [6.07, 6.45) is -4.18. The van der Waals surface area contributed by atoms with E-state index in [9.17, 15) is 19.2 Å².